The molecule has 2 atom stereocenters. The summed E-state index contributed by atoms with van der Waals surface area (Å²) in [6.45, 7) is 4.76. The minimum atomic E-state index is -0.283. The van der Waals surface area contributed by atoms with E-state index in [1.165, 1.54) is 51.5 Å². The molecule has 0 bridgehead atoms. The molecule has 0 heterocycles. The molecule has 0 saturated heterocycles. The van der Waals surface area contributed by atoms with Crippen LogP contribution in [0.3, 0.4) is 0 Å². The van der Waals surface area contributed by atoms with Crippen LogP contribution in [0.15, 0.2) is 0 Å². The highest BCUT2D eigenvalue weighted by Crippen LogP contribution is 2.36. The SMILES string of the molecule is CCN(CCC1CCCC1(N)CO)C1CCCC1. The van der Waals surface area contributed by atoms with Gasteiger partial charge >= 0.3 is 0 Å². The van der Waals surface area contributed by atoms with E-state index in [4.69, 9.17) is 5.73 Å². The van der Waals surface area contributed by atoms with E-state index in [1.54, 1.807) is 0 Å². The molecule has 3 nitrogen and oxygen atoms in total. The van der Waals surface area contributed by atoms with E-state index in [-0.39, 0.29) is 12.1 Å². The van der Waals surface area contributed by atoms with Gasteiger partial charge in [0.2, 0.25) is 0 Å². The van der Waals surface area contributed by atoms with E-state index in [0.29, 0.717) is 5.92 Å². The maximum atomic E-state index is 9.49. The van der Waals surface area contributed by atoms with Crippen LogP contribution in [-0.2, 0) is 0 Å². The Morgan fingerprint density at radius 2 is 1.94 bits per heavy atom. The van der Waals surface area contributed by atoms with E-state index in [9.17, 15) is 5.11 Å². The smallest absolute Gasteiger partial charge is 0.0613 e. The van der Waals surface area contributed by atoms with Crippen molar-refractivity contribution in [3.05, 3.63) is 0 Å². The lowest BCUT2D eigenvalue weighted by Crippen LogP contribution is -2.48. The lowest BCUT2D eigenvalue weighted by Gasteiger charge is -2.33. The summed E-state index contributed by atoms with van der Waals surface area (Å²) in [7, 11) is 0. The Labute approximate surface area is 112 Å². The molecule has 2 rings (SSSR count). The van der Waals surface area contributed by atoms with Crippen LogP contribution in [-0.4, -0.2) is 41.3 Å². The molecule has 2 saturated carbocycles. The lowest BCUT2D eigenvalue weighted by atomic mass is 9.86. The minimum Gasteiger partial charge on any atom is -0.394 e. The molecule has 2 aliphatic carbocycles. The molecular formula is C15H30N2O. The number of rotatable bonds is 6. The van der Waals surface area contributed by atoms with Gasteiger partial charge in [0.25, 0.3) is 0 Å². The quantitative estimate of drug-likeness (QED) is 0.763. The summed E-state index contributed by atoms with van der Waals surface area (Å²) >= 11 is 0. The molecule has 3 heteroatoms. The van der Waals surface area contributed by atoms with Crippen LogP contribution in [0.2, 0.25) is 0 Å². The molecule has 3 N–H and O–H groups in total. The van der Waals surface area contributed by atoms with E-state index in [0.717, 1.165) is 19.0 Å². The Balaban J connectivity index is 1.82. The normalized spacial score (nSPS) is 33.7. The van der Waals surface area contributed by atoms with E-state index in [1.807, 2.05) is 0 Å². The summed E-state index contributed by atoms with van der Waals surface area (Å²) in [4.78, 5) is 2.64. The van der Waals surface area contributed by atoms with Crippen LogP contribution in [0.4, 0.5) is 0 Å². The summed E-state index contributed by atoms with van der Waals surface area (Å²) in [6.07, 6.45) is 10.1. The Morgan fingerprint density at radius 1 is 1.22 bits per heavy atom. The van der Waals surface area contributed by atoms with Crippen molar-refractivity contribution in [2.45, 2.75) is 69.9 Å². The highest BCUT2D eigenvalue weighted by Gasteiger charge is 2.38. The summed E-state index contributed by atoms with van der Waals surface area (Å²) in [5.41, 5.74) is 6.03. The third-order valence-corrected chi connectivity index (χ3v) is 5.31. The predicted molar refractivity (Wildman–Crippen MR) is 75.5 cm³/mol. The fourth-order valence-electron chi connectivity index (χ4n) is 4.00. The van der Waals surface area contributed by atoms with Crippen LogP contribution in [0, 0.1) is 5.92 Å². The first-order valence-corrected chi connectivity index (χ1v) is 7.83. The van der Waals surface area contributed by atoms with Gasteiger partial charge in [0.1, 0.15) is 0 Å². The highest BCUT2D eigenvalue weighted by atomic mass is 16.3. The van der Waals surface area contributed by atoms with Gasteiger partial charge in [-0.3, -0.25) is 0 Å². The molecule has 0 amide bonds. The zero-order chi connectivity index (χ0) is 13.0. The molecule has 0 spiro atoms. The number of aliphatic hydroxyl groups excluding tert-OH is 1. The summed E-state index contributed by atoms with van der Waals surface area (Å²) in [5, 5.41) is 9.49. The van der Waals surface area contributed by atoms with Crippen molar-refractivity contribution in [1.29, 1.82) is 0 Å². The Bertz CT molecular complexity index is 253. The van der Waals surface area contributed by atoms with Gasteiger partial charge < -0.3 is 15.7 Å². The predicted octanol–water partition coefficient (Wildman–Crippen LogP) is 2.13. The second-order valence-corrected chi connectivity index (χ2v) is 6.34. The van der Waals surface area contributed by atoms with Crippen molar-refractivity contribution >= 4 is 0 Å². The molecule has 106 valence electrons. The first-order valence-electron chi connectivity index (χ1n) is 7.83. The van der Waals surface area contributed by atoms with Gasteiger partial charge in [-0.25, -0.2) is 0 Å². The van der Waals surface area contributed by atoms with Gasteiger partial charge in [0, 0.05) is 11.6 Å². The van der Waals surface area contributed by atoms with Crippen molar-refractivity contribution in [2.24, 2.45) is 11.7 Å². The van der Waals surface area contributed by atoms with Gasteiger partial charge in [-0.1, -0.05) is 26.2 Å². The molecule has 2 unspecified atom stereocenters. The van der Waals surface area contributed by atoms with Crippen molar-refractivity contribution in [3.63, 3.8) is 0 Å². The molecule has 0 aliphatic heterocycles. The second kappa shape index (κ2) is 6.36. The third-order valence-electron chi connectivity index (χ3n) is 5.31. The zero-order valence-electron chi connectivity index (χ0n) is 11.9. The monoisotopic (exact) mass is 254 g/mol. The average molecular weight is 254 g/mol. The van der Waals surface area contributed by atoms with Gasteiger partial charge in [-0.05, 0) is 51.1 Å². The standard InChI is InChI=1S/C15H30N2O/c1-2-17(14-7-3-4-8-14)11-9-13-6-5-10-15(13,16)12-18/h13-14,18H,2-12,16H2,1H3. The zero-order valence-corrected chi connectivity index (χ0v) is 11.9. The second-order valence-electron chi connectivity index (χ2n) is 6.34. The number of hydrogen-bond donors (Lipinski definition) is 2. The van der Waals surface area contributed by atoms with Crippen molar-refractivity contribution in [2.75, 3.05) is 19.7 Å². The molecule has 0 aromatic carbocycles. The largest absolute Gasteiger partial charge is 0.394 e. The number of nitrogens with zero attached hydrogens (tertiary/aromatic N) is 1. The molecule has 2 aliphatic rings. The molecule has 0 aromatic heterocycles. The first-order chi connectivity index (χ1) is 8.69. The van der Waals surface area contributed by atoms with Crippen molar-refractivity contribution in [1.82, 2.24) is 4.90 Å². The van der Waals surface area contributed by atoms with Crippen LogP contribution < -0.4 is 5.73 Å². The number of hydrogen-bond acceptors (Lipinski definition) is 3. The van der Waals surface area contributed by atoms with Gasteiger partial charge in [-0.15, -0.1) is 0 Å². The van der Waals surface area contributed by atoms with Crippen LogP contribution in [0.5, 0.6) is 0 Å². The van der Waals surface area contributed by atoms with Crippen molar-refractivity contribution < 1.29 is 5.11 Å². The highest BCUT2D eigenvalue weighted by molar-refractivity contribution is 4.96. The van der Waals surface area contributed by atoms with Crippen molar-refractivity contribution in [3.8, 4) is 0 Å². The Hall–Kier alpha value is -0.120. The maximum absolute atomic E-state index is 9.49. The van der Waals surface area contributed by atoms with E-state index in [2.05, 4.69) is 11.8 Å². The lowest BCUT2D eigenvalue weighted by molar-refractivity contribution is 0.134. The molecule has 2 fully saturated rings. The van der Waals surface area contributed by atoms with Gasteiger partial charge in [0.15, 0.2) is 0 Å². The topological polar surface area (TPSA) is 49.5 Å². The van der Waals surface area contributed by atoms with E-state index >= 15 is 0 Å². The molecular weight excluding hydrogens is 224 g/mol. The summed E-state index contributed by atoms with van der Waals surface area (Å²) < 4.78 is 0. The molecule has 18 heavy (non-hydrogen) atoms. The molecule has 0 aromatic rings. The first kappa shape index (κ1) is 14.3. The van der Waals surface area contributed by atoms with Crippen LogP contribution in [0.1, 0.15) is 58.3 Å². The van der Waals surface area contributed by atoms with Gasteiger partial charge in [0.05, 0.1) is 6.61 Å². The Morgan fingerprint density at radius 3 is 2.56 bits per heavy atom. The molecule has 0 radical (unpaired) electrons. The Kier molecular flexibility index (Phi) is 5.05. The maximum Gasteiger partial charge on any atom is 0.0613 e. The van der Waals surface area contributed by atoms with Crippen LogP contribution in [0.25, 0.3) is 0 Å². The minimum absolute atomic E-state index is 0.160. The summed E-state index contributed by atoms with van der Waals surface area (Å²) in [5.74, 6) is 0.526. The van der Waals surface area contributed by atoms with E-state index < -0.39 is 0 Å². The fourth-order valence-corrected chi connectivity index (χ4v) is 4.00. The van der Waals surface area contributed by atoms with Gasteiger partial charge in [-0.2, -0.15) is 0 Å². The average Bonchev–Trinajstić information content (AvgIpc) is 3.01. The fraction of sp³-hybridized carbons (Fsp3) is 1.00. The summed E-state index contributed by atoms with van der Waals surface area (Å²) in [6, 6.07) is 0.817. The number of nitrogens with two attached hydrogens (primary N) is 1. The van der Waals surface area contributed by atoms with Crippen LogP contribution >= 0.6 is 0 Å². The third kappa shape index (κ3) is 3.06. The number of aliphatic hydroxyl groups is 1.